The van der Waals surface area contributed by atoms with Crippen LogP contribution >= 0.6 is 0 Å². The van der Waals surface area contributed by atoms with Crippen molar-refractivity contribution < 1.29 is 14.3 Å². The molecule has 2 aliphatic carbocycles. The molecule has 0 aromatic rings. The number of hydrogen-bond acceptors (Lipinski definition) is 4. The molecule has 1 heterocycles. The van der Waals surface area contributed by atoms with Crippen molar-refractivity contribution in [1.29, 1.82) is 5.26 Å². The number of rotatable bonds is 0. The molecule has 0 bridgehead atoms. The summed E-state index contributed by atoms with van der Waals surface area (Å²) in [5.41, 5.74) is -0.0829. The molecule has 0 aromatic carbocycles. The van der Waals surface area contributed by atoms with Gasteiger partial charge >= 0.3 is 5.97 Å². The molecule has 0 amide bonds. The van der Waals surface area contributed by atoms with E-state index < -0.39 is 11.9 Å². The van der Waals surface area contributed by atoms with Crippen LogP contribution in [0.1, 0.15) is 38.5 Å². The summed E-state index contributed by atoms with van der Waals surface area (Å²) in [5, 5.41) is 9.21. The van der Waals surface area contributed by atoms with Gasteiger partial charge in [0.05, 0.1) is 12.7 Å². The predicted molar refractivity (Wildman–Crippen MR) is 62.2 cm³/mol. The molecule has 4 atom stereocenters. The molecule has 4 heteroatoms. The van der Waals surface area contributed by atoms with Crippen molar-refractivity contribution in [3.63, 3.8) is 0 Å². The number of hydrogen-bond donors (Lipinski definition) is 0. The van der Waals surface area contributed by atoms with Gasteiger partial charge in [0.1, 0.15) is 11.7 Å². The van der Waals surface area contributed by atoms with Gasteiger partial charge in [-0.25, -0.2) is 0 Å². The number of cyclic esters (lactones) is 1. The number of carbonyl (C=O) groups is 2. The summed E-state index contributed by atoms with van der Waals surface area (Å²) in [4.78, 5) is 23.6. The maximum atomic E-state index is 11.9. The molecule has 0 unspecified atom stereocenters. The van der Waals surface area contributed by atoms with Crippen LogP contribution in [0.2, 0.25) is 0 Å². The first kappa shape index (κ1) is 11.7. The lowest BCUT2D eigenvalue weighted by molar-refractivity contribution is -0.182. The molecule has 1 aliphatic heterocycles. The minimum Gasteiger partial charge on any atom is -0.464 e. The normalized spacial score (nSPS) is 43.4. The lowest BCUT2D eigenvalue weighted by Gasteiger charge is -2.54. The number of ketones is 1. The maximum Gasteiger partial charge on any atom is 0.323 e. The maximum absolute atomic E-state index is 11.9. The van der Waals surface area contributed by atoms with Crippen LogP contribution in [0.25, 0.3) is 0 Å². The third-order valence-electron chi connectivity index (χ3n) is 5.20. The van der Waals surface area contributed by atoms with Gasteiger partial charge in [0.25, 0.3) is 0 Å². The molecule has 96 valence electrons. The van der Waals surface area contributed by atoms with E-state index in [1.165, 1.54) is 0 Å². The third kappa shape index (κ3) is 1.50. The van der Waals surface area contributed by atoms with E-state index >= 15 is 0 Å². The van der Waals surface area contributed by atoms with Crippen molar-refractivity contribution in [2.75, 3.05) is 6.61 Å². The monoisotopic (exact) mass is 247 g/mol. The zero-order chi connectivity index (χ0) is 12.8. The van der Waals surface area contributed by atoms with E-state index in [2.05, 4.69) is 6.07 Å². The standard InChI is InChI=1S/C14H17NO3/c15-7-11-12-6-10(16)5-9-3-1-2-4-14(9,12)8-18-13(11)17/h9,11-12H,1-6,8H2/t9-,11+,12-,14-/m1/s1. The molecule has 18 heavy (non-hydrogen) atoms. The van der Waals surface area contributed by atoms with Crippen LogP contribution in [0.5, 0.6) is 0 Å². The van der Waals surface area contributed by atoms with E-state index in [4.69, 9.17) is 4.74 Å². The van der Waals surface area contributed by atoms with Gasteiger partial charge in [0.2, 0.25) is 0 Å². The first-order valence-electron chi connectivity index (χ1n) is 6.75. The molecule has 2 saturated carbocycles. The highest BCUT2D eigenvalue weighted by molar-refractivity contribution is 5.83. The van der Waals surface area contributed by atoms with E-state index in [0.29, 0.717) is 25.4 Å². The van der Waals surface area contributed by atoms with Crippen LogP contribution in [0.15, 0.2) is 0 Å². The van der Waals surface area contributed by atoms with Crippen LogP contribution in [-0.2, 0) is 14.3 Å². The third-order valence-corrected chi connectivity index (χ3v) is 5.20. The van der Waals surface area contributed by atoms with Gasteiger partial charge in [-0.3, -0.25) is 9.59 Å². The van der Waals surface area contributed by atoms with Crippen molar-refractivity contribution in [3.05, 3.63) is 0 Å². The van der Waals surface area contributed by atoms with E-state index in [0.717, 1.165) is 25.7 Å². The van der Waals surface area contributed by atoms with Gasteiger partial charge in [-0.15, -0.1) is 0 Å². The molecule has 0 aromatic heterocycles. The zero-order valence-electron chi connectivity index (χ0n) is 10.4. The highest BCUT2D eigenvalue weighted by Gasteiger charge is 2.58. The van der Waals surface area contributed by atoms with Crippen LogP contribution in [-0.4, -0.2) is 18.4 Å². The molecule has 3 rings (SSSR count). The molecule has 1 saturated heterocycles. The quantitative estimate of drug-likeness (QED) is 0.612. The Morgan fingerprint density at radius 1 is 1.28 bits per heavy atom. The van der Waals surface area contributed by atoms with Crippen LogP contribution in [0, 0.1) is 34.5 Å². The van der Waals surface area contributed by atoms with Gasteiger partial charge in [0, 0.05) is 24.2 Å². The Morgan fingerprint density at radius 3 is 2.89 bits per heavy atom. The van der Waals surface area contributed by atoms with Crippen molar-refractivity contribution in [2.45, 2.75) is 38.5 Å². The summed E-state index contributed by atoms with van der Waals surface area (Å²) in [7, 11) is 0. The molecule has 0 radical (unpaired) electrons. The minimum atomic E-state index is -0.733. The van der Waals surface area contributed by atoms with Crippen LogP contribution in [0.4, 0.5) is 0 Å². The smallest absolute Gasteiger partial charge is 0.323 e. The van der Waals surface area contributed by atoms with Gasteiger partial charge in [0.15, 0.2) is 0 Å². The Bertz CT molecular complexity index is 439. The van der Waals surface area contributed by atoms with Gasteiger partial charge in [-0.1, -0.05) is 12.8 Å². The number of esters is 1. The lowest BCUT2D eigenvalue weighted by Crippen LogP contribution is -2.56. The average Bonchev–Trinajstić information content (AvgIpc) is 2.37. The van der Waals surface area contributed by atoms with E-state index in [9.17, 15) is 14.9 Å². The Labute approximate surface area is 106 Å². The molecule has 3 aliphatic rings. The van der Waals surface area contributed by atoms with Crippen LogP contribution < -0.4 is 0 Å². The van der Waals surface area contributed by atoms with Crippen LogP contribution in [0.3, 0.4) is 0 Å². The first-order chi connectivity index (χ1) is 8.67. The number of carbonyl (C=O) groups excluding carboxylic acids is 2. The zero-order valence-corrected chi connectivity index (χ0v) is 10.4. The summed E-state index contributed by atoms with van der Waals surface area (Å²) >= 11 is 0. The Morgan fingerprint density at radius 2 is 2.11 bits per heavy atom. The van der Waals surface area contributed by atoms with Crippen molar-refractivity contribution in [3.8, 4) is 6.07 Å². The highest BCUT2D eigenvalue weighted by Crippen LogP contribution is 2.56. The summed E-state index contributed by atoms with van der Waals surface area (Å²) in [6.07, 6.45) is 5.32. The largest absolute Gasteiger partial charge is 0.464 e. The number of nitrogens with zero attached hydrogens (tertiary/aromatic N) is 1. The summed E-state index contributed by atoms with van der Waals surface area (Å²) < 4.78 is 5.27. The highest BCUT2D eigenvalue weighted by atomic mass is 16.5. The second-order valence-corrected chi connectivity index (χ2v) is 5.94. The summed E-state index contributed by atoms with van der Waals surface area (Å²) in [5.74, 6) is -0.718. The Balaban J connectivity index is 2.00. The fourth-order valence-electron chi connectivity index (χ4n) is 4.29. The second kappa shape index (κ2) is 4.08. The van der Waals surface area contributed by atoms with E-state index in [-0.39, 0.29) is 17.1 Å². The van der Waals surface area contributed by atoms with Gasteiger partial charge < -0.3 is 4.74 Å². The predicted octanol–water partition coefficient (Wildman–Crippen LogP) is 1.84. The molecular weight excluding hydrogens is 230 g/mol. The fourth-order valence-corrected chi connectivity index (χ4v) is 4.29. The fraction of sp³-hybridized carbons (Fsp3) is 0.786. The molecule has 4 nitrogen and oxygen atoms in total. The second-order valence-electron chi connectivity index (χ2n) is 5.94. The summed E-state index contributed by atoms with van der Waals surface area (Å²) in [6, 6.07) is 2.07. The van der Waals surface area contributed by atoms with E-state index in [1.54, 1.807) is 0 Å². The Hall–Kier alpha value is -1.37. The number of Topliss-reactive ketones (excluding diaryl/α,β-unsaturated/α-hetero) is 1. The number of nitriles is 1. The minimum absolute atomic E-state index is 0.0829. The van der Waals surface area contributed by atoms with Gasteiger partial charge in [-0.05, 0) is 18.8 Å². The van der Waals surface area contributed by atoms with E-state index in [1.807, 2.05) is 0 Å². The topological polar surface area (TPSA) is 67.2 Å². The average molecular weight is 247 g/mol. The molecule has 0 N–H and O–H groups in total. The molecular formula is C14H17NO3. The van der Waals surface area contributed by atoms with Crippen molar-refractivity contribution in [2.24, 2.45) is 23.2 Å². The first-order valence-corrected chi connectivity index (χ1v) is 6.75. The number of ether oxygens (including phenoxy) is 1. The summed E-state index contributed by atoms with van der Waals surface area (Å²) in [6.45, 7) is 0.423. The molecule has 1 spiro atoms. The molecule has 3 fully saturated rings. The van der Waals surface area contributed by atoms with Crippen molar-refractivity contribution in [1.82, 2.24) is 0 Å². The lowest BCUT2D eigenvalue weighted by atomic mass is 9.51. The van der Waals surface area contributed by atoms with Gasteiger partial charge in [-0.2, -0.15) is 5.26 Å². The Kier molecular flexibility index (Phi) is 2.65. The SMILES string of the molecule is N#C[C@@H]1C(=O)OC[C@]23CCCC[C@@H]2CC(=O)C[C@H]13. The van der Waals surface area contributed by atoms with Crippen molar-refractivity contribution >= 4 is 11.8 Å².